The van der Waals surface area contributed by atoms with Gasteiger partial charge in [0.05, 0.1) is 11.5 Å². The molecule has 3 rings (SSSR count). The van der Waals surface area contributed by atoms with Gasteiger partial charge in [0.2, 0.25) is 0 Å². The minimum absolute atomic E-state index is 0.514. The molecule has 3 heteroatoms. The minimum Gasteiger partial charge on any atom is -0.458 e. The van der Waals surface area contributed by atoms with Crippen LogP contribution in [0.25, 0.3) is 11.0 Å². The monoisotopic (exact) mass is 241 g/mol. The lowest BCUT2D eigenvalue weighted by Gasteiger charge is -2.24. The number of aliphatic hydroxyl groups is 1. The quantitative estimate of drug-likeness (QED) is 0.874. The highest BCUT2D eigenvalue weighted by Crippen LogP contribution is 2.47. The number of benzene rings is 1. The summed E-state index contributed by atoms with van der Waals surface area (Å²) in [6.45, 7) is 0. The number of nitrogens with zero attached hydrogens (tertiary/aromatic N) is 1. The van der Waals surface area contributed by atoms with E-state index in [1.165, 1.54) is 0 Å². The maximum absolute atomic E-state index is 10.5. The van der Waals surface area contributed by atoms with Crippen molar-refractivity contribution in [3.63, 3.8) is 0 Å². The second-order valence-corrected chi connectivity index (χ2v) is 5.06. The van der Waals surface area contributed by atoms with Crippen LogP contribution in [-0.2, 0) is 0 Å². The van der Waals surface area contributed by atoms with Gasteiger partial charge in [-0.1, -0.05) is 31.0 Å². The molecule has 2 aromatic rings. The Bertz CT molecular complexity index is 569. The first-order valence-electron chi connectivity index (χ1n) is 6.33. The summed E-state index contributed by atoms with van der Waals surface area (Å²) >= 11 is 0. The van der Waals surface area contributed by atoms with E-state index < -0.39 is 11.5 Å². The van der Waals surface area contributed by atoms with Crippen molar-refractivity contribution in [3.8, 4) is 6.07 Å². The summed E-state index contributed by atoms with van der Waals surface area (Å²) < 4.78 is 5.67. The van der Waals surface area contributed by atoms with E-state index in [2.05, 4.69) is 6.07 Å². The molecule has 1 unspecified atom stereocenters. The molecule has 18 heavy (non-hydrogen) atoms. The summed E-state index contributed by atoms with van der Waals surface area (Å²) in [5, 5.41) is 20.8. The van der Waals surface area contributed by atoms with Crippen molar-refractivity contribution in [1.29, 1.82) is 5.26 Å². The van der Waals surface area contributed by atoms with Crippen molar-refractivity contribution in [1.82, 2.24) is 0 Å². The summed E-state index contributed by atoms with van der Waals surface area (Å²) in [7, 11) is 0. The van der Waals surface area contributed by atoms with Crippen LogP contribution in [0.5, 0.6) is 0 Å². The molecule has 0 aliphatic heterocycles. The van der Waals surface area contributed by atoms with Gasteiger partial charge in [-0.2, -0.15) is 5.26 Å². The summed E-state index contributed by atoms with van der Waals surface area (Å²) in [6.07, 6.45) is 2.69. The highest BCUT2D eigenvalue weighted by molar-refractivity contribution is 5.77. The Morgan fingerprint density at radius 2 is 2.00 bits per heavy atom. The zero-order valence-corrected chi connectivity index (χ0v) is 10.1. The summed E-state index contributed by atoms with van der Waals surface area (Å²) in [6, 6.07) is 11.8. The predicted octanol–water partition coefficient (Wildman–Crippen LogP) is 3.55. The maximum atomic E-state index is 10.5. The lowest BCUT2D eigenvalue weighted by atomic mass is 9.81. The van der Waals surface area contributed by atoms with Crippen LogP contribution in [0.15, 0.2) is 34.7 Å². The zero-order valence-electron chi connectivity index (χ0n) is 10.1. The van der Waals surface area contributed by atoms with Gasteiger partial charge >= 0.3 is 0 Å². The molecule has 1 atom stereocenters. The number of nitriles is 1. The largest absolute Gasteiger partial charge is 0.458 e. The van der Waals surface area contributed by atoms with Gasteiger partial charge in [-0.05, 0) is 25.0 Å². The fourth-order valence-corrected chi connectivity index (χ4v) is 2.86. The number of hydrogen-bond acceptors (Lipinski definition) is 3. The Hall–Kier alpha value is -1.79. The lowest BCUT2D eigenvalue weighted by Crippen LogP contribution is -2.23. The van der Waals surface area contributed by atoms with E-state index in [1.54, 1.807) is 0 Å². The van der Waals surface area contributed by atoms with Crippen LogP contribution >= 0.6 is 0 Å². The summed E-state index contributed by atoms with van der Waals surface area (Å²) in [5.41, 5.74) is 0.103. The fraction of sp³-hybridized carbons (Fsp3) is 0.400. The van der Waals surface area contributed by atoms with Crippen LogP contribution in [0.4, 0.5) is 0 Å². The highest BCUT2D eigenvalue weighted by Gasteiger charge is 2.43. The Kier molecular flexibility index (Phi) is 2.61. The predicted molar refractivity (Wildman–Crippen MR) is 67.7 cm³/mol. The van der Waals surface area contributed by atoms with Crippen LogP contribution in [0, 0.1) is 16.7 Å². The summed E-state index contributed by atoms with van der Waals surface area (Å²) in [4.78, 5) is 0. The molecule has 1 aromatic heterocycles. The maximum Gasteiger partial charge on any atom is 0.135 e. The Morgan fingerprint density at radius 3 is 2.67 bits per heavy atom. The van der Waals surface area contributed by atoms with E-state index in [1.807, 2.05) is 30.3 Å². The average Bonchev–Trinajstić information content (AvgIpc) is 3.05. The van der Waals surface area contributed by atoms with Crippen molar-refractivity contribution in [2.45, 2.75) is 31.8 Å². The number of rotatable bonds is 2. The van der Waals surface area contributed by atoms with Crippen molar-refractivity contribution in [3.05, 3.63) is 36.1 Å². The SMILES string of the molecule is N#CC1(C(O)c2cc3ccccc3o2)CCCC1. The average molecular weight is 241 g/mol. The van der Waals surface area contributed by atoms with Gasteiger partial charge in [-0.15, -0.1) is 0 Å². The van der Waals surface area contributed by atoms with Gasteiger partial charge in [0.15, 0.2) is 0 Å². The molecule has 0 amide bonds. The molecule has 1 fully saturated rings. The standard InChI is InChI=1S/C15H15NO2/c16-10-15(7-3-4-8-15)14(17)13-9-11-5-1-2-6-12(11)18-13/h1-2,5-6,9,14,17H,3-4,7-8H2. The third kappa shape index (κ3) is 1.61. The van der Waals surface area contributed by atoms with Crippen LogP contribution in [0.2, 0.25) is 0 Å². The second kappa shape index (κ2) is 4.15. The van der Waals surface area contributed by atoms with Crippen LogP contribution < -0.4 is 0 Å². The first kappa shape index (κ1) is 11.3. The minimum atomic E-state index is -0.822. The van der Waals surface area contributed by atoms with Crippen molar-refractivity contribution >= 4 is 11.0 Å². The first-order chi connectivity index (χ1) is 8.75. The van der Waals surface area contributed by atoms with E-state index in [0.29, 0.717) is 5.76 Å². The van der Waals surface area contributed by atoms with Crippen molar-refractivity contribution in [2.24, 2.45) is 5.41 Å². The zero-order chi connectivity index (χ0) is 12.6. The molecule has 1 saturated carbocycles. The topological polar surface area (TPSA) is 57.2 Å². The number of para-hydroxylation sites is 1. The van der Waals surface area contributed by atoms with Crippen LogP contribution in [0.3, 0.4) is 0 Å². The van der Waals surface area contributed by atoms with E-state index >= 15 is 0 Å². The number of aliphatic hydroxyl groups excluding tert-OH is 1. The van der Waals surface area contributed by atoms with Crippen molar-refractivity contribution in [2.75, 3.05) is 0 Å². The molecule has 1 N–H and O–H groups in total. The fourth-order valence-electron chi connectivity index (χ4n) is 2.86. The van der Waals surface area contributed by atoms with Gasteiger partial charge < -0.3 is 9.52 Å². The van der Waals surface area contributed by atoms with Gasteiger partial charge in [0.25, 0.3) is 0 Å². The van der Waals surface area contributed by atoms with E-state index in [9.17, 15) is 10.4 Å². The van der Waals surface area contributed by atoms with E-state index in [4.69, 9.17) is 4.42 Å². The lowest BCUT2D eigenvalue weighted by molar-refractivity contribution is 0.0491. The molecule has 1 aliphatic carbocycles. The smallest absolute Gasteiger partial charge is 0.135 e. The molecule has 92 valence electrons. The molecule has 3 nitrogen and oxygen atoms in total. The Balaban J connectivity index is 2.01. The molecule has 1 heterocycles. The molecule has 0 bridgehead atoms. The Morgan fingerprint density at radius 1 is 1.28 bits per heavy atom. The number of furan rings is 1. The van der Waals surface area contributed by atoms with Crippen LogP contribution in [0.1, 0.15) is 37.5 Å². The van der Waals surface area contributed by atoms with E-state index in [-0.39, 0.29) is 0 Å². The molecule has 0 radical (unpaired) electrons. The molecular weight excluding hydrogens is 226 g/mol. The van der Waals surface area contributed by atoms with Gasteiger partial charge in [-0.25, -0.2) is 0 Å². The van der Waals surface area contributed by atoms with E-state index in [0.717, 1.165) is 36.7 Å². The highest BCUT2D eigenvalue weighted by atomic mass is 16.4. The first-order valence-corrected chi connectivity index (χ1v) is 6.33. The molecule has 1 aromatic carbocycles. The Labute approximate surface area is 106 Å². The third-order valence-electron chi connectivity index (χ3n) is 3.96. The third-order valence-corrected chi connectivity index (χ3v) is 3.96. The van der Waals surface area contributed by atoms with Crippen LogP contribution in [-0.4, -0.2) is 5.11 Å². The molecular formula is C15H15NO2. The number of fused-ring (bicyclic) bond motifs is 1. The second-order valence-electron chi connectivity index (χ2n) is 5.06. The van der Waals surface area contributed by atoms with Gasteiger partial charge in [-0.3, -0.25) is 0 Å². The number of hydrogen-bond donors (Lipinski definition) is 1. The van der Waals surface area contributed by atoms with Gasteiger partial charge in [0, 0.05) is 5.39 Å². The molecule has 0 spiro atoms. The van der Waals surface area contributed by atoms with Crippen molar-refractivity contribution < 1.29 is 9.52 Å². The summed E-state index contributed by atoms with van der Waals surface area (Å²) in [5.74, 6) is 0.514. The molecule has 1 aliphatic rings. The molecule has 0 saturated heterocycles. The normalized spacial score (nSPS) is 19.8. The van der Waals surface area contributed by atoms with Gasteiger partial charge in [0.1, 0.15) is 17.4 Å².